The number of imide groups is 1. The Morgan fingerprint density at radius 1 is 0.844 bits per heavy atom. The van der Waals surface area contributed by atoms with Gasteiger partial charge in [-0.15, -0.1) is 0 Å². The summed E-state index contributed by atoms with van der Waals surface area (Å²) < 4.78 is 0.826. The zero-order valence-electron chi connectivity index (χ0n) is 16.5. The summed E-state index contributed by atoms with van der Waals surface area (Å²) in [5, 5.41) is 6.45. The van der Waals surface area contributed by atoms with Crippen molar-refractivity contribution in [3.63, 3.8) is 0 Å². The molecule has 3 aromatic carbocycles. The van der Waals surface area contributed by atoms with Crippen LogP contribution in [0.25, 0.3) is 0 Å². The van der Waals surface area contributed by atoms with Crippen LogP contribution in [0.1, 0.15) is 10.4 Å². The highest BCUT2D eigenvalue weighted by Crippen LogP contribution is 2.38. The number of carbonyl (C=O) groups excluding carboxylic acids is 3. The second-order valence-corrected chi connectivity index (χ2v) is 8.76. The molecule has 0 spiro atoms. The summed E-state index contributed by atoms with van der Waals surface area (Å²) in [6, 6.07) is 21.4. The SMILES string of the molecule is O=C(C1=NN(c2ccccc2)[C@H]2C(=O)N(c3ccc(Br)cc3)C(=O)[C@@H]12)c1ccc(Cl)cc1. The first-order valence-corrected chi connectivity index (χ1v) is 11.0. The standard InChI is InChI=1S/C24H15BrClN3O3/c25-15-8-12-17(13-9-15)28-23(31)19-20(22(30)14-6-10-16(26)11-7-14)27-29(21(19)24(28)32)18-4-2-1-3-5-18/h1-13,19,21H/t19-,21+/m0/s1. The van der Waals surface area contributed by atoms with Crippen LogP contribution < -0.4 is 9.91 Å². The summed E-state index contributed by atoms with van der Waals surface area (Å²) >= 11 is 9.31. The van der Waals surface area contributed by atoms with Gasteiger partial charge in [0.15, 0.2) is 0 Å². The van der Waals surface area contributed by atoms with E-state index in [2.05, 4.69) is 21.0 Å². The zero-order valence-corrected chi connectivity index (χ0v) is 18.8. The lowest BCUT2D eigenvalue weighted by atomic mass is 9.92. The molecule has 5 rings (SSSR count). The van der Waals surface area contributed by atoms with Crippen molar-refractivity contribution in [2.45, 2.75) is 6.04 Å². The van der Waals surface area contributed by atoms with E-state index in [4.69, 9.17) is 11.6 Å². The zero-order chi connectivity index (χ0) is 22.4. The number of ketones is 1. The molecule has 0 aliphatic carbocycles. The smallest absolute Gasteiger partial charge is 0.259 e. The number of rotatable bonds is 4. The molecule has 0 saturated carbocycles. The fourth-order valence-electron chi connectivity index (χ4n) is 3.99. The minimum Gasteiger partial charge on any atom is -0.287 e. The van der Waals surface area contributed by atoms with Gasteiger partial charge in [-0.1, -0.05) is 45.7 Å². The lowest BCUT2D eigenvalue weighted by Crippen LogP contribution is -2.39. The van der Waals surface area contributed by atoms with Crippen molar-refractivity contribution < 1.29 is 14.4 Å². The largest absolute Gasteiger partial charge is 0.287 e. The number of amides is 2. The molecule has 2 heterocycles. The number of carbonyl (C=O) groups is 3. The molecule has 0 unspecified atom stereocenters. The van der Waals surface area contributed by atoms with Crippen molar-refractivity contribution >= 4 is 62.2 Å². The number of benzene rings is 3. The summed E-state index contributed by atoms with van der Waals surface area (Å²) in [6.45, 7) is 0. The molecule has 0 radical (unpaired) electrons. The molecule has 1 fully saturated rings. The number of halogens is 2. The van der Waals surface area contributed by atoms with Crippen LogP contribution in [0.15, 0.2) is 88.4 Å². The van der Waals surface area contributed by atoms with Crippen LogP contribution in [0.4, 0.5) is 11.4 Å². The van der Waals surface area contributed by atoms with Gasteiger partial charge in [-0.3, -0.25) is 19.4 Å². The fourth-order valence-corrected chi connectivity index (χ4v) is 4.38. The first-order chi connectivity index (χ1) is 15.5. The van der Waals surface area contributed by atoms with Crippen LogP contribution in [0.2, 0.25) is 5.02 Å². The fraction of sp³-hybridized carbons (Fsp3) is 0.0833. The molecule has 158 valence electrons. The molecule has 32 heavy (non-hydrogen) atoms. The number of hydrogen-bond donors (Lipinski definition) is 0. The van der Waals surface area contributed by atoms with Gasteiger partial charge in [-0.2, -0.15) is 5.10 Å². The second-order valence-electron chi connectivity index (χ2n) is 7.41. The highest BCUT2D eigenvalue weighted by Gasteiger charge is 2.58. The molecule has 0 bridgehead atoms. The minimum absolute atomic E-state index is 0.0409. The first-order valence-electron chi connectivity index (χ1n) is 9.82. The molecule has 0 N–H and O–H groups in total. The molecular formula is C24H15BrClN3O3. The van der Waals surface area contributed by atoms with Crippen molar-refractivity contribution in [3.05, 3.63) is 93.9 Å². The van der Waals surface area contributed by atoms with E-state index in [9.17, 15) is 14.4 Å². The van der Waals surface area contributed by atoms with Crippen LogP contribution >= 0.6 is 27.5 Å². The Bertz CT molecular complexity index is 1260. The molecule has 0 aromatic heterocycles. The van der Waals surface area contributed by atoms with Crippen LogP contribution in [-0.4, -0.2) is 29.4 Å². The first kappa shape index (κ1) is 20.6. The van der Waals surface area contributed by atoms with Crippen molar-refractivity contribution in [1.82, 2.24) is 0 Å². The number of para-hydroxylation sites is 1. The number of hydrogen-bond acceptors (Lipinski definition) is 5. The van der Waals surface area contributed by atoms with Gasteiger partial charge in [0.05, 0.1) is 11.4 Å². The molecule has 2 aliphatic rings. The maximum Gasteiger partial charge on any atom is 0.259 e. The minimum atomic E-state index is -1.01. The van der Waals surface area contributed by atoms with Gasteiger partial charge < -0.3 is 0 Å². The van der Waals surface area contributed by atoms with E-state index in [0.29, 0.717) is 22.0 Å². The summed E-state index contributed by atoms with van der Waals surface area (Å²) in [4.78, 5) is 41.4. The van der Waals surface area contributed by atoms with Crippen LogP contribution in [0.3, 0.4) is 0 Å². The lowest BCUT2D eigenvalue weighted by Gasteiger charge is -2.22. The van der Waals surface area contributed by atoms with E-state index in [1.165, 1.54) is 5.01 Å². The highest BCUT2D eigenvalue weighted by molar-refractivity contribution is 9.10. The van der Waals surface area contributed by atoms with Gasteiger partial charge in [0.1, 0.15) is 17.7 Å². The Balaban J connectivity index is 1.60. The number of nitrogens with zero attached hydrogens (tertiary/aromatic N) is 3. The third kappa shape index (κ3) is 3.34. The van der Waals surface area contributed by atoms with Gasteiger partial charge in [0.25, 0.3) is 5.91 Å². The van der Waals surface area contributed by atoms with E-state index >= 15 is 0 Å². The van der Waals surface area contributed by atoms with E-state index in [1.54, 1.807) is 60.7 Å². The summed E-state index contributed by atoms with van der Waals surface area (Å²) in [7, 11) is 0. The van der Waals surface area contributed by atoms with E-state index in [0.717, 1.165) is 9.37 Å². The van der Waals surface area contributed by atoms with Crippen molar-refractivity contribution in [3.8, 4) is 0 Å². The predicted octanol–water partition coefficient (Wildman–Crippen LogP) is 4.72. The second kappa shape index (κ2) is 8.00. The topological polar surface area (TPSA) is 70.1 Å². The maximum absolute atomic E-state index is 13.5. The van der Waals surface area contributed by atoms with Crippen molar-refractivity contribution in [2.75, 3.05) is 9.91 Å². The lowest BCUT2D eigenvalue weighted by molar-refractivity contribution is -0.121. The van der Waals surface area contributed by atoms with Gasteiger partial charge in [-0.25, -0.2) is 4.90 Å². The number of Topliss-reactive ketones (excluding diaryl/α,β-unsaturated/α-hetero) is 1. The highest BCUT2D eigenvalue weighted by atomic mass is 79.9. The number of anilines is 2. The predicted molar refractivity (Wildman–Crippen MR) is 126 cm³/mol. The average molecular weight is 509 g/mol. The Morgan fingerprint density at radius 3 is 2.16 bits per heavy atom. The van der Waals surface area contributed by atoms with Gasteiger partial charge in [0.2, 0.25) is 11.7 Å². The van der Waals surface area contributed by atoms with E-state index in [-0.39, 0.29) is 5.71 Å². The van der Waals surface area contributed by atoms with E-state index in [1.807, 2.05) is 18.2 Å². The Labute approximate surface area is 197 Å². The van der Waals surface area contributed by atoms with Gasteiger partial charge in [0, 0.05) is 15.1 Å². The molecular weight excluding hydrogens is 494 g/mol. The number of hydrazone groups is 1. The summed E-state index contributed by atoms with van der Waals surface area (Å²) in [6.07, 6.45) is 0. The Morgan fingerprint density at radius 2 is 1.50 bits per heavy atom. The number of fused-ring (bicyclic) bond motifs is 1. The summed E-state index contributed by atoms with van der Waals surface area (Å²) in [5.41, 5.74) is 1.47. The monoisotopic (exact) mass is 507 g/mol. The molecule has 3 aromatic rings. The third-order valence-electron chi connectivity index (χ3n) is 5.49. The summed E-state index contributed by atoms with van der Waals surface area (Å²) in [5.74, 6) is -2.31. The molecule has 2 amide bonds. The van der Waals surface area contributed by atoms with Crippen LogP contribution in [-0.2, 0) is 9.59 Å². The molecule has 1 saturated heterocycles. The van der Waals surface area contributed by atoms with Crippen molar-refractivity contribution in [1.29, 1.82) is 0 Å². The molecule has 6 nitrogen and oxygen atoms in total. The van der Waals surface area contributed by atoms with E-state index < -0.39 is 29.6 Å². The Hall–Kier alpha value is -3.29. The molecule has 8 heteroatoms. The van der Waals surface area contributed by atoms with Crippen LogP contribution in [0.5, 0.6) is 0 Å². The van der Waals surface area contributed by atoms with Crippen molar-refractivity contribution in [2.24, 2.45) is 11.0 Å². The normalized spacial score (nSPS) is 19.9. The quantitative estimate of drug-likeness (QED) is 0.378. The van der Waals surface area contributed by atoms with Gasteiger partial charge >= 0.3 is 0 Å². The maximum atomic E-state index is 13.5. The molecule has 2 aliphatic heterocycles. The third-order valence-corrected chi connectivity index (χ3v) is 6.27. The van der Waals surface area contributed by atoms with Gasteiger partial charge in [-0.05, 0) is 60.7 Å². The average Bonchev–Trinajstić information content (AvgIpc) is 3.32. The Kier molecular flexibility index (Phi) is 5.15. The molecule has 2 atom stereocenters. The van der Waals surface area contributed by atoms with Crippen LogP contribution in [0, 0.1) is 5.92 Å².